The monoisotopic (exact) mass is 350 g/mol. The van der Waals surface area contributed by atoms with E-state index in [2.05, 4.69) is 10.1 Å². The first-order valence-electron chi connectivity index (χ1n) is 7.58. The summed E-state index contributed by atoms with van der Waals surface area (Å²) in [5.41, 5.74) is 7.20. The Morgan fingerprint density at radius 2 is 2.04 bits per heavy atom. The van der Waals surface area contributed by atoms with Crippen LogP contribution in [0.25, 0.3) is 15.8 Å². The summed E-state index contributed by atoms with van der Waals surface area (Å²) in [6, 6.07) is 9.45. The van der Waals surface area contributed by atoms with Crippen LogP contribution in [0.4, 0.5) is 0 Å². The number of ether oxygens (including phenoxy) is 1. The molecule has 0 spiro atoms. The summed E-state index contributed by atoms with van der Waals surface area (Å²) in [5.74, 6) is 0.843. The Balaban J connectivity index is 1.70. The number of thiophene rings is 1. The molecule has 0 saturated carbocycles. The summed E-state index contributed by atoms with van der Waals surface area (Å²) in [6.07, 6.45) is 6.97. The minimum atomic E-state index is -0.437. The van der Waals surface area contributed by atoms with Gasteiger partial charge in [0.15, 0.2) is 5.75 Å². The topological polar surface area (TPSA) is 83.0 Å². The highest BCUT2D eigenvalue weighted by Gasteiger charge is 2.17. The van der Waals surface area contributed by atoms with Gasteiger partial charge in [-0.05, 0) is 42.8 Å². The second kappa shape index (κ2) is 6.03. The molecule has 0 aliphatic heterocycles. The number of aryl methyl sites for hydroxylation is 1. The van der Waals surface area contributed by atoms with E-state index in [1.807, 2.05) is 43.5 Å². The molecule has 0 fully saturated rings. The fourth-order valence-electron chi connectivity index (χ4n) is 2.70. The largest absolute Gasteiger partial charge is 0.455 e. The molecule has 4 aromatic rings. The highest BCUT2D eigenvalue weighted by atomic mass is 32.1. The molecule has 1 amide bonds. The average Bonchev–Trinajstić information content (AvgIpc) is 3.24. The minimum Gasteiger partial charge on any atom is -0.455 e. The molecule has 0 bridgehead atoms. The second-order valence-corrected chi connectivity index (χ2v) is 6.53. The number of carbonyl (C=O) groups excluding carboxylic acids is 1. The van der Waals surface area contributed by atoms with Crippen molar-refractivity contribution in [3.05, 3.63) is 65.6 Å². The number of primary amides is 1. The highest BCUT2D eigenvalue weighted by Crippen LogP contribution is 2.38. The van der Waals surface area contributed by atoms with Gasteiger partial charge < -0.3 is 10.5 Å². The Hall–Kier alpha value is -3.19. The van der Waals surface area contributed by atoms with Gasteiger partial charge in [0.05, 0.1) is 21.5 Å². The maximum Gasteiger partial charge on any atom is 0.259 e. The van der Waals surface area contributed by atoms with Crippen molar-refractivity contribution in [3.63, 3.8) is 0 Å². The molecule has 0 radical (unpaired) electrons. The Labute approximate surface area is 147 Å². The first-order valence-corrected chi connectivity index (χ1v) is 8.40. The van der Waals surface area contributed by atoms with Gasteiger partial charge in [-0.3, -0.25) is 9.78 Å². The van der Waals surface area contributed by atoms with Crippen molar-refractivity contribution in [2.75, 3.05) is 0 Å². The molecule has 124 valence electrons. The molecule has 1 aromatic carbocycles. The van der Waals surface area contributed by atoms with E-state index in [0.29, 0.717) is 16.4 Å². The van der Waals surface area contributed by atoms with E-state index in [4.69, 9.17) is 10.5 Å². The first-order chi connectivity index (χ1) is 12.1. The van der Waals surface area contributed by atoms with Crippen molar-refractivity contribution >= 4 is 27.3 Å². The zero-order valence-electron chi connectivity index (χ0n) is 13.3. The van der Waals surface area contributed by atoms with Gasteiger partial charge in [0.25, 0.3) is 5.91 Å². The van der Waals surface area contributed by atoms with Crippen LogP contribution in [-0.4, -0.2) is 20.7 Å². The molecular formula is C18H14N4O2S. The number of nitrogens with zero attached hydrogens (tertiary/aromatic N) is 3. The van der Waals surface area contributed by atoms with Gasteiger partial charge in [-0.15, -0.1) is 11.3 Å². The molecule has 6 nitrogen and oxygen atoms in total. The number of pyridine rings is 1. The van der Waals surface area contributed by atoms with Gasteiger partial charge in [0, 0.05) is 24.0 Å². The van der Waals surface area contributed by atoms with Crippen LogP contribution >= 0.6 is 11.3 Å². The minimum absolute atomic E-state index is 0.437. The normalized spacial score (nSPS) is 10.9. The van der Waals surface area contributed by atoms with E-state index in [-0.39, 0.29) is 0 Å². The van der Waals surface area contributed by atoms with E-state index >= 15 is 0 Å². The lowest BCUT2D eigenvalue weighted by Gasteiger charge is -2.08. The first kappa shape index (κ1) is 15.3. The van der Waals surface area contributed by atoms with Crippen molar-refractivity contribution in [2.24, 2.45) is 5.73 Å². The number of hydrogen-bond donors (Lipinski definition) is 1. The summed E-state index contributed by atoms with van der Waals surface area (Å²) in [5, 5.41) is 5.06. The lowest BCUT2D eigenvalue weighted by Crippen LogP contribution is -2.09. The lowest BCUT2D eigenvalue weighted by molar-refractivity contribution is 0.100. The summed E-state index contributed by atoms with van der Waals surface area (Å²) in [7, 11) is 0. The number of hydrogen-bond acceptors (Lipinski definition) is 5. The van der Waals surface area contributed by atoms with Gasteiger partial charge in [-0.1, -0.05) is 0 Å². The maximum absolute atomic E-state index is 11.6. The molecule has 3 heterocycles. The quantitative estimate of drug-likeness (QED) is 0.608. The van der Waals surface area contributed by atoms with E-state index < -0.39 is 5.91 Å². The molecule has 2 N–H and O–H groups in total. The van der Waals surface area contributed by atoms with E-state index in [0.717, 1.165) is 21.3 Å². The number of nitrogens with two attached hydrogens (primary N) is 1. The lowest BCUT2D eigenvalue weighted by atomic mass is 10.1. The van der Waals surface area contributed by atoms with Gasteiger partial charge in [-0.25, -0.2) is 4.68 Å². The van der Waals surface area contributed by atoms with Crippen LogP contribution in [0.1, 0.15) is 15.2 Å². The van der Waals surface area contributed by atoms with Crippen molar-refractivity contribution in [1.82, 2.24) is 14.8 Å². The Morgan fingerprint density at radius 1 is 1.24 bits per heavy atom. The number of aromatic nitrogens is 3. The molecule has 4 rings (SSSR count). The molecule has 0 atom stereocenters. The Bertz CT molecular complexity index is 1050. The van der Waals surface area contributed by atoms with Gasteiger partial charge in [0.2, 0.25) is 0 Å². The molecule has 0 unspecified atom stereocenters. The zero-order chi connectivity index (χ0) is 17.4. The Kier molecular flexibility index (Phi) is 3.70. The van der Waals surface area contributed by atoms with Crippen molar-refractivity contribution < 1.29 is 9.53 Å². The molecule has 0 saturated heterocycles. The number of amides is 1. The van der Waals surface area contributed by atoms with Crippen LogP contribution in [0, 0.1) is 6.92 Å². The number of carbonyl (C=O) groups is 1. The van der Waals surface area contributed by atoms with Crippen LogP contribution in [0.15, 0.2) is 55.1 Å². The summed E-state index contributed by atoms with van der Waals surface area (Å²) >= 11 is 1.33. The molecular weight excluding hydrogens is 336 g/mol. The standard InChI is InChI=1S/C18H14N4O2S/c1-11-16-14(9-20-10-15(16)25-17(11)18(19)23)24-13-5-3-12(4-6-13)22-8-2-7-21-22/h2-10H,1H3,(H2,19,23). The van der Waals surface area contributed by atoms with Crippen LogP contribution in [0.2, 0.25) is 0 Å². The van der Waals surface area contributed by atoms with Crippen LogP contribution in [-0.2, 0) is 0 Å². The van der Waals surface area contributed by atoms with Gasteiger partial charge >= 0.3 is 0 Å². The van der Waals surface area contributed by atoms with Gasteiger partial charge in [-0.2, -0.15) is 5.10 Å². The SMILES string of the molecule is Cc1c(C(N)=O)sc2cncc(Oc3ccc(-n4cccn4)cc3)c12. The van der Waals surface area contributed by atoms with E-state index in [1.54, 1.807) is 23.3 Å². The third-order valence-corrected chi connectivity index (χ3v) is 5.10. The average molecular weight is 350 g/mol. The molecule has 25 heavy (non-hydrogen) atoms. The summed E-state index contributed by atoms with van der Waals surface area (Å²) < 4.78 is 8.64. The number of benzene rings is 1. The van der Waals surface area contributed by atoms with Crippen LogP contribution < -0.4 is 10.5 Å². The van der Waals surface area contributed by atoms with E-state index in [1.165, 1.54) is 11.3 Å². The predicted molar refractivity (Wildman–Crippen MR) is 96.5 cm³/mol. The fraction of sp³-hybridized carbons (Fsp3) is 0.0556. The summed E-state index contributed by atoms with van der Waals surface area (Å²) in [6.45, 7) is 1.87. The zero-order valence-corrected chi connectivity index (χ0v) is 14.2. The number of fused-ring (bicyclic) bond motifs is 1. The third kappa shape index (κ3) is 2.74. The highest BCUT2D eigenvalue weighted by molar-refractivity contribution is 7.21. The fourth-order valence-corrected chi connectivity index (χ4v) is 3.74. The van der Waals surface area contributed by atoms with E-state index in [9.17, 15) is 4.79 Å². The second-order valence-electron chi connectivity index (χ2n) is 5.48. The smallest absolute Gasteiger partial charge is 0.259 e. The summed E-state index contributed by atoms with van der Waals surface area (Å²) in [4.78, 5) is 16.3. The number of rotatable bonds is 4. The third-order valence-electron chi connectivity index (χ3n) is 3.86. The molecule has 0 aliphatic carbocycles. The van der Waals surface area contributed by atoms with Crippen molar-refractivity contribution in [2.45, 2.75) is 6.92 Å². The predicted octanol–water partition coefficient (Wildman–Crippen LogP) is 3.68. The van der Waals surface area contributed by atoms with Gasteiger partial charge in [0.1, 0.15) is 5.75 Å². The van der Waals surface area contributed by atoms with Crippen molar-refractivity contribution in [1.29, 1.82) is 0 Å². The molecule has 0 aliphatic rings. The maximum atomic E-state index is 11.6. The molecule has 7 heteroatoms. The Morgan fingerprint density at radius 3 is 2.72 bits per heavy atom. The molecule has 3 aromatic heterocycles. The van der Waals surface area contributed by atoms with Crippen LogP contribution in [0.5, 0.6) is 11.5 Å². The van der Waals surface area contributed by atoms with Crippen molar-refractivity contribution in [3.8, 4) is 17.2 Å². The van der Waals surface area contributed by atoms with Crippen LogP contribution in [0.3, 0.4) is 0 Å².